The molecular weight excluding hydrogens is 524 g/mol. The molecule has 1 heterocycles. The van der Waals surface area contributed by atoms with E-state index in [1.54, 1.807) is 0 Å². The lowest BCUT2D eigenvalue weighted by Gasteiger charge is -2.50. The number of fused-ring (bicyclic) bond motifs is 2. The SMILES string of the molecule is C[C@@H]1CC2C[C@H](C)CC(c3ccc(-c4ccc(-c5nc(-c6ccccc6)nc(-c6ccccc6)n5)cc4C#N)cc3)(C2)C1. The van der Waals surface area contributed by atoms with E-state index >= 15 is 0 Å². The van der Waals surface area contributed by atoms with Crippen LogP contribution in [0.25, 0.3) is 45.3 Å². The summed E-state index contributed by atoms with van der Waals surface area (Å²) in [4.78, 5) is 14.5. The molecule has 0 spiro atoms. The van der Waals surface area contributed by atoms with Crippen LogP contribution in [0.2, 0.25) is 0 Å². The summed E-state index contributed by atoms with van der Waals surface area (Å²) >= 11 is 0. The minimum Gasteiger partial charge on any atom is -0.208 e. The Kier molecular flexibility index (Phi) is 7.11. The van der Waals surface area contributed by atoms with Gasteiger partial charge in [-0.05, 0) is 78.0 Å². The van der Waals surface area contributed by atoms with Gasteiger partial charge in [0.2, 0.25) is 0 Å². The predicted octanol–water partition coefficient (Wildman–Crippen LogP) is 9.52. The Balaban J connectivity index is 1.24. The Hall–Kier alpha value is -4.62. The zero-order valence-electron chi connectivity index (χ0n) is 24.9. The van der Waals surface area contributed by atoms with Crippen molar-refractivity contribution in [1.82, 2.24) is 15.0 Å². The molecule has 0 aliphatic heterocycles. The largest absolute Gasteiger partial charge is 0.208 e. The van der Waals surface area contributed by atoms with E-state index in [4.69, 9.17) is 15.0 Å². The van der Waals surface area contributed by atoms with Crippen molar-refractivity contribution < 1.29 is 0 Å². The molecule has 4 aromatic carbocycles. The molecule has 2 bridgehead atoms. The van der Waals surface area contributed by atoms with Gasteiger partial charge in [0, 0.05) is 16.7 Å². The summed E-state index contributed by atoms with van der Waals surface area (Å²) in [5, 5.41) is 10.2. The van der Waals surface area contributed by atoms with E-state index in [2.05, 4.69) is 44.2 Å². The lowest BCUT2D eigenvalue weighted by molar-refractivity contribution is 0.0780. The molecule has 4 atom stereocenters. The van der Waals surface area contributed by atoms with Gasteiger partial charge >= 0.3 is 0 Å². The van der Waals surface area contributed by atoms with Gasteiger partial charge in [0.15, 0.2) is 17.5 Å². The van der Waals surface area contributed by atoms with E-state index in [1.165, 1.54) is 37.7 Å². The summed E-state index contributed by atoms with van der Waals surface area (Å²) in [5.41, 5.74) is 7.03. The van der Waals surface area contributed by atoms with Crippen molar-refractivity contribution in [1.29, 1.82) is 5.26 Å². The van der Waals surface area contributed by atoms with E-state index < -0.39 is 0 Å². The van der Waals surface area contributed by atoms with Gasteiger partial charge in [-0.2, -0.15) is 5.26 Å². The van der Waals surface area contributed by atoms with Crippen molar-refractivity contribution in [2.45, 2.75) is 51.4 Å². The molecule has 2 unspecified atom stereocenters. The first kappa shape index (κ1) is 27.2. The zero-order chi connectivity index (χ0) is 29.4. The Bertz CT molecular complexity index is 1710. The first-order valence-electron chi connectivity index (χ1n) is 15.5. The van der Waals surface area contributed by atoms with Crippen LogP contribution in [0.4, 0.5) is 0 Å². The molecule has 4 nitrogen and oxygen atoms in total. The standard InChI is InChI=1S/C39H36N4/c1-26-19-28-20-27(2)23-39(22-26,24-28)34-16-13-29(14-17-34)35-18-15-32(21-33(35)25-40)38-42-36(30-9-5-3-6-10-30)41-37(43-38)31-11-7-4-8-12-31/h3-18,21,26-28H,19-20,22-24H2,1-2H3/t26-,27+,28?,39?. The van der Waals surface area contributed by atoms with Crippen molar-refractivity contribution in [2.24, 2.45) is 17.8 Å². The third-order valence-electron chi connectivity index (χ3n) is 9.54. The van der Waals surface area contributed by atoms with Gasteiger partial charge in [0.25, 0.3) is 0 Å². The molecule has 2 saturated carbocycles. The Morgan fingerprint density at radius 2 is 1.12 bits per heavy atom. The normalized spacial score (nSPS) is 23.0. The third kappa shape index (κ3) is 5.37. The van der Waals surface area contributed by atoms with E-state index in [0.29, 0.717) is 28.5 Å². The molecule has 7 rings (SSSR count). The number of hydrogen-bond acceptors (Lipinski definition) is 4. The molecule has 2 aliphatic rings. The predicted molar refractivity (Wildman–Crippen MR) is 173 cm³/mol. The Morgan fingerprint density at radius 1 is 0.605 bits per heavy atom. The number of rotatable bonds is 5. The Morgan fingerprint density at radius 3 is 1.65 bits per heavy atom. The minimum atomic E-state index is 0.298. The average Bonchev–Trinajstić information content (AvgIpc) is 3.04. The van der Waals surface area contributed by atoms with E-state index in [0.717, 1.165) is 45.6 Å². The second-order valence-electron chi connectivity index (χ2n) is 12.9. The van der Waals surface area contributed by atoms with Crippen molar-refractivity contribution in [3.8, 4) is 51.4 Å². The molecule has 5 aromatic rings. The van der Waals surface area contributed by atoms with Gasteiger partial charge < -0.3 is 0 Å². The van der Waals surface area contributed by atoms with E-state index in [9.17, 15) is 5.26 Å². The number of hydrogen-bond donors (Lipinski definition) is 0. The molecule has 0 saturated heterocycles. The highest BCUT2D eigenvalue weighted by Crippen LogP contribution is 2.54. The van der Waals surface area contributed by atoms with Crippen LogP contribution in [0.5, 0.6) is 0 Å². The molecule has 43 heavy (non-hydrogen) atoms. The number of nitrogens with zero attached hydrogens (tertiary/aromatic N) is 4. The highest BCUT2D eigenvalue weighted by atomic mass is 15.0. The van der Waals surface area contributed by atoms with Crippen LogP contribution in [0, 0.1) is 29.1 Å². The fraction of sp³-hybridized carbons (Fsp3) is 0.282. The summed E-state index contributed by atoms with van der Waals surface area (Å²) in [6.07, 6.45) is 6.65. The summed E-state index contributed by atoms with van der Waals surface area (Å²) < 4.78 is 0. The molecular formula is C39H36N4. The lowest BCUT2D eigenvalue weighted by atomic mass is 9.54. The summed E-state index contributed by atoms with van der Waals surface area (Å²) in [7, 11) is 0. The maximum atomic E-state index is 10.2. The third-order valence-corrected chi connectivity index (χ3v) is 9.54. The minimum absolute atomic E-state index is 0.298. The lowest BCUT2D eigenvalue weighted by Crippen LogP contribution is -2.42. The van der Waals surface area contributed by atoms with Gasteiger partial charge in [-0.15, -0.1) is 0 Å². The summed E-state index contributed by atoms with van der Waals surface area (Å²) in [6.45, 7) is 4.87. The first-order chi connectivity index (χ1) is 21.0. The van der Waals surface area contributed by atoms with E-state index in [1.807, 2.05) is 78.9 Å². The molecule has 4 heteroatoms. The topological polar surface area (TPSA) is 62.5 Å². The summed E-state index contributed by atoms with van der Waals surface area (Å²) in [6, 6.07) is 37.4. The second-order valence-corrected chi connectivity index (χ2v) is 12.9. The van der Waals surface area contributed by atoms with Crippen LogP contribution in [0.15, 0.2) is 103 Å². The van der Waals surface area contributed by atoms with Crippen LogP contribution < -0.4 is 0 Å². The smallest absolute Gasteiger partial charge is 0.164 e. The zero-order valence-corrected chi connectivity index (χ0v) is 24.9. The fourth-order valence-corrected chi connectivity index (χ4v) is 8.03. The van der Waals surface area contributed by atoms with Crippen LogP contribution in [-0.2, 0) is 5.41 Å². The Labute approximate surface area is 254 Å². The van der Waals surface area contributed by atoms with Crippen LogP contribution in [0.3, 0.4) is 0 Å². The highest BCUT2D eigenvalue weighted by molar-refractivity contribution is 5.76. The van der Waals surface area contributed by atoms with Crippen LogP contribution in [0.1, 0.15) is 57.1 Å². The van der Waals surface area contributed by atoms with Gasteiger partial charge in [0.1, 0.15) is 0 Å². The molecule has 2 fully saturated rings. The van der Waals surface area contributed by atoms with Crippen molar-refractivity contribution in [3.63, 3.8) is 0 Å². The number of aromatic nitrogens is 3. The molecule has 1 aromatic heterocycles. The summed E-state index contributed by atoms with van der Waals surface area (Å²) in [5.74, 6) is 4.19. The average molecular weight is 561 g/mol. The number of benzene rings is 4. The van der Waals surface area contributed by atoms with Gasteiger partial charge in [-0.3, -0.25) is 0 Å². The van der Waals surface area contributed by atoms with Crippen LogP contribution in [-0.4, -0.2) is 15.0 Å². The fourth-order valence-electron chi connectivity index (χ4n) is 8.03. The number of nitriles is 1. The molecule has 0 N–H and O–H groups in total. The van der Waals surface area contributed by atoms with Crippen molar-refractivity contribution in [2.75, 3.05) is 0 Å². The maximum Gasteiger partial charge on any atom is 0.164 e. The second kappa shape index (κ2) is 11.2. The molecule has 212 valence electrons. The van der Waals surface area contributed by atoms with Gasteiger partial charge in [0.05, 0.1) is 11.6 Å². The first-order valence-corrected chi connectivity index (χ1v) is 15.5. The molecule has 2 aliphatic carbocycles. The molecule has 0 amide bonds. The highest BCUT2D eigenvalue weighted by Gasteiger charge is 2.45. The van der Waals surface area contributed by atoms with Gasteiger partial charge in [-0.1, -0.05) is 111 Å². The van der Waals surface area contributed by atoms with Crippen LogP contribution >= 0.6 is 0 Å². The van der Waals surface area contributed by atoms with Gasteiger partial charge in [-0.25, -0.2) is 15.0 Å². The van der Waals surface area contributed by atoms with Crippen molar-refractivity contribution >= 4 is 0 Å². The quantitative estimate of drug-likeness (QED) is 0.215. The van der Waals surface area contributed by atoms with E-state index in [-0.39, 0.29) is 0 Å². The van der Waals surface area contributed by atoms with Crippen molar-refractivity contribution in [3.05, 3.63) is 114 Å². The molecule has 0 radical (unpaired) electrons. The monoisotopic (exact) mass is 560 g/mol. The maximum absolute atomic E-state index is 10.2.